The molecule has 8 nitrogen and oxygen atoms in total. The molecule has 6 rings (SSSR count). The van der Waals surface area contributed by atoms with Crippen molar-refractivity contribution in [2.75, 3.05) is 6.61 Å². The number of ether oxygens (including phenoxy) is 5. The lowest BCUT2D eigenvalue weighted by Crippen LogP contribution is -2.64. The average Bonchev–Trinajstić information content (AvgIpc) is 3.32. The smallest absolute Gasteiger partial charge is 0.303 e. The summed E-state index contributed by atoms with van der Waals surface area (Å²) < 4.78 is 30.9. The lowest BCUT2D eigenvalue weighted by atomic mass is 9.43. The monoisotopic (exact) mass is 574 g/mol. The molecule has 4 aliphatic carbocycles. The zero-order chi connectivity index (χ0) is 29.5. The molecule has 1 spiro atoms. The Morgan fingerprint density at radius 2 is 1.44 bits per heavy atom. The normalized spacial score (nSPS) is 52.0. The van der Waals surface area contributed by atoms with E-state index in [0.29, 0.717) is 41.9 Å². The summed E-state index contributed by atoms with van der Waals surface area (Å²) >= 11 is 0. The number of carbonyl (C=O) groups excluding carboxylic acids is 3. The van der Waals surface area contributed by atoms with E-state index in [0.717, 1.165) is 51.6 Å². The van der Waals surface area contributed by atoms with Crippen LogP contribution in [-0.4, -0.2) is 54.7 Å². The summed E-state index contributed by atoms with van der Waals surface area (Å²) in [7, 11) is 0. The van der Waals surface area contributed by atoms with Gasteiger partial charge in [0.2, 0.25) is 0 Å². The van der Waals surface area contributed by atoms with Crippen molar-refractivity contribution in [3.63, 3.8) is 0 Å². The zero-order valence-electron chi connectivity index (χ0n) is 26.0. The fourth-order valence-corrected chi connectivity index (χ4v) is 11.3. The van der Waals surface area contributed by atoms with E-state index in [1.54, 1.807) is 0 Å². The van der Waals surface area contributed by atoms with Crippen molar-refractivity contribution in [3.05, 3.63) is 0 Å². The van der Waals surface area contributed by atoms with E-state index in [1.807, 2.05) is 0 Å². The molecule has 230 valence electrons. The van der Waals surface area contributed by atoms with Crippen LogP contribution >= 0.6 is 0 Å². The third kappa shape index (κ3) is 4.56. The van der Waals surface area contributed by atoms with Crippen LogP contribution in [0.15, 0.2) is 0 Å². The van der Waals surface area contributed by atoms with Gasteiger partial charge in [0.25, 0.3) is 0 Å². The molecule has 2 heterocycles. The Balaban J connectivity index is 1.29. The highest BCUT2D eigenvalue weighted by Crippen LogP contribution is 2.71. The molecule has 0 unspecified atom stereocenters. The summed E-state index contributed by atoms with van der Waals surface area (Å²) in [6.45, 7) is 14.4. The summed E-state index contributed by atoms with van der Waals surface area (Å²) in [4.78, 5) is 36.7. The SMILES string of the molecule is CC(=O)O[C@H]1[C@H](OC(C)=O)[C@H]2CC[C@@H]3[C@H](CC[C@]4(C)[C@@H]5[C@H](C[C@@H]34)O[C@]3(CC[C@@H](C)CO3)[C@H]5C)[C@@]2(C)C[C@@H]1OC(C)=O. The van der Waals surface area contributed by atoms with E-state index in [2.05, 4.69) is 27.7 Å². The summed E-state index contributed by atoms with van der Waals surface area (Å²) in [5.74, 6) is 1.29. The second-order valence-corrected chi connectivity index (χ2v) is 15.1. The van der Waals surface area contributed by atoms with E-state index < -0.39 is 42.0 Å². The highest BCUT2D eigenvalue weighted by Gasteiger charge is 2.70. The van der Waals surface area contributed by atoms with Crippen LogP contribution in [0.25, 0.3) is 0 Å². The van der Waals surface area contributed by atoms with Gasteiger partial charge in [-0.1, -0.05) is 27.7 Å². The first-order valence-electron chi connectivity index (χ1n) is 16.1. The Morgan fingerprint density at radius 1 is 0.756 bits per heavy atom. The largest absolute Gasteiger partial charge is 0.458 e. The van der Waals surface area contributed by atoms with Gasteiger partial charge in [0.1, 0.15) is 12.2 Å². The molecule has 14 atom stereocenters. The van der Waals surface area contributed by atoms with Gasteiger partial charge in [0.15, 0.2) is 11.9 Å². The molecule has 8 heteroatoms. The van der Waals surface area contributed by atoms with Crippen molar-refractivity contribution in [1.82, 2.24) is 0 Å². The lowest BCUT2D eigenvalue weighted by molar-refractivity contribution is -0.274. The fraction of sp³-hybridized carbons (Fsp3) is 0.909. The molecule has 6 aliphatic rings. The van der Waals surface area contributed by atoms with Crippen LogP contribution < -0.4 is 0 Å². The molecule has 0 aromatic rings. The molecule has 0 aromatic carbocycles. The quantitative estimate of drug-likeness (QED) is 0.324. The predicted octanol–water partition coefficient (Wildman–Crippen LogP) is 5.45. The van der Waals surface area contributed by atoms with E-state index in [9.17, 15) is 14.4 Å². The van der Waals surface area contributed by atoms with Crippen molar-refractivity contribution in [1.29, 1.82) is 0 Å². The van der Waals surface area contributed by atoms with E-state index in [1.165, 1.54) is 20.8 Å². The number of carbonyl (C=O) groups is 3. The van der Waals surface area contributed by atoms with Crippen LogP contribution in [0, 0.1) is 52.3 Å². The van der Waals surface area contributed by atoms with E-state index in [4.69, 9.17) is 23.7 Å². The van der Waals surface area contributed by atoms with Crippen molar-refractivity contribution in [2.24, 2.45) is 52.3 Å². The Labute approximate surface area is 244 Å². The summed E-state index contributed by atoms with van der Waals surface area (Å²) in [6.07, 6.45) is 6.16. The topological polar surface area (TPSA) is 97.4 Å². The molecule has 2 saturated heterocycles. The van der Waals surface area contributed by atoms with Crippen molar-refractivity contribution in [3.8, 4) is 0 Å². The maximum absolute atomic E-state index is 12.3. The number of fused-ring (bicyclic) bond motifs is 7. The highest BCUT2D eigenvalue weighted by molar-refractivity contribution is 5.68. The third-order valence-electron chi connectivity index (χ3n) is 12.9. The van der Waals surface area contributed by atoms with Crippen LogP contribution in [0.1, 0.15) is 99.8 Å². The molecule has 0 radical (unpaired) electrons. The summed E-state index contributed by atoms with van der Waals surface area (Å²) in [5.41, 5.74) is -0.0149. The van der Waals surface area contributed by atoms with Gasteiger partial charge >= 0.3 is 17.9 Å². The Bertz CT molecular complexity index is 1070. The van der Waals surface area contributed by atoms with Gasteiger partial charge < -0.3 is 23.7 Å². The summed E-state index contributed by atoms with van der Waals surface area (Å²) in [6, 6.07) is 0. The van der Waals surface area contributed by atoms with Crippen LogP contribution in [0.2, 0.25) is 0 Å². The Kier molecular flexibility index (Phi) is 7.32. The van der Waals surface area contributed by atoms with Crippen molar-refractivity contribution >= 4 is 17.9 Å². The minimum Gasteiger partial charge on any atom is -0.458 e. The molecular weight excluding hydrogens is 524 g/mol. The fourth-order valence-electron chi connectivity index (χ4n) is 11.3. The molecule has 0 N–H and O–H groups in total. The molecule has 0 bridgehead atoms. The number of rotatable bonds is 3. The zero-order valence-corrected chi connectivity index (χ0v) is 26.0. The Hall–Kier alpha value is -1.67. The second kappa shape index (κ2) is 10.2. The van der Waals surface area contributed by atoms with Crippen LogP contribution in [0.5, 0.6) is 0 Å². The maximum atomic E-state index is 12.3. The first-order valence-corrected chi connectivity index (χ1v) is 16.1. The molecule has 4 saturated carbocycles. The number of hydrogen-bond acceptors (Lipinski definition) is 8. The number of hydrogen-bond donors (Lipinski definition) is 0. The van der Waals surface area contributed by atoms with Crippen LogP contribution in [-0.2, 0) is 38.1 Å². The van der Waals surface area contributed by atoms with E-state index in [-0.39, 0.29) is 22.9 Å². The first-order chi connectivity index (χ1) is 19.3. The molecule has 6 fully saturated rings. The van der Waals surface area contributed by atoms with Crippen LogP contribution in [0.4, 0.5) is 0 Å². The third-order valence-corrected chi connectivity index (χ3v) is 12.9. The van der Waals surface area contributed by atoms with E-state index >= 15 is 0 Å². The van der Waals surface area contributed by atoms with Crippen molar-refractivity contribution in [2.45, 2.75) is 130 Å². The van der Waals surface area contributed by atoms with Crippen LogP contribution in [0.3, 0.4) is 0 Å². The van der Waals surface area contributed by atoms with Gasteiger partial charge in [-0.15, -0.1) is 0 Å². The second-order valence-electron chi connectivity index (χ2n) is 15.1. The van der Waals surface area contributed by atoms with Gasteiger partial charge in [-0.25, -0.2) is 0 Å². The van der Waals surface area contributed by atoms with Gasteiger partial charge in [-0.2, -0.15) is 0 Å². The number of esters is 3. The van der Waals surface area contributed by atoms with Gasteiger partial charge in [-0.3, -0.25) is 14.4 Å². The minimum absolute atomic E-state index is 0.0325. The van der Waals surface area contributed by atoms with Gasteiger partial charge in [0.05, 0.1) is 12.7 Å². The predicted molar refractivity (Wildman–Crippen MR) is 149 cm³/mol. The van der Waals surface area contributed by atoms with Gasteiger partial charge in [0, 0.05) is 39.0 Å². The standard InChI is InChI=1S/C33H50O8/c1-17-10-13-33(37-16-17)18(2)28-26(41-33)14-25-22-8-9-24-29(39-20(4)35)30(40-21(5)36)27(38-19(3)34)15-32(24,7)23(22)11-12-31(25,28)6/h17-18,22-30H,8-16H2,1-7H3/t17-,18+,22-,23+,24-,25+,26+,27+,28+,29-,30-,31+,32-,33-/m1/s1. The minimum atomic E-state index is -0.793. The molecule has 2 aliphatic heterocycles. The lowest BCUT2D eigenvalue weighted by Gasteiger charge is -2.63. The first kappa shape index (κ1) is 29.4. The molecule has 41 heavy (non-hydrogen) atoms. The Morgan fingerprint density at radius 3 is 2.07 bits per heavy atom. The molecule has 0 amide bonds. The maximum Gasteiger partial charge on any atom is 0.303 e. The average molecular weight is 575 g/mol. The highest BCUT2D eigenvalue weighted by atomic mass is 16.7. The summed E-state index contributed by atoms with van der Waals surface area (Å²) in [5, 5.41) is 0. The molecule has 0 aromatic heterocycles. The van der Waals surface area contributed by atoms with Gasteiger partial charge in [-0.05, 0) is 85.4 Å². The van der Waals surface area contributed by atoms with Crippen molar-refractivity contribution < 1.29 is 38.1 Å². The molecular formula is C33H50O8.